The maximum Gasteiger partial charge on any atom is 0.303 e. The van der Waals surface area contributed by atoms with Crippen molar-refractivity contribution in [3.8, 4) is 10.6 Å². The number of aromatic nitrogens is 4. The van der Waals surface area contributed by atoms with Crippen molar-refractivity contribution in [1.82, 2.24) is 14.5 Å². The summed E-state index contributed by atoms with van der Waals surface area (Å²) in [4.78, 5) is 8.60. The predicted octanol–water partition coefficient (Wildman–Crippen LogP) is 2.50. The average molecular weight is 282 g/mol. The summed E-state index contributed by atoms with van der Waals surface area (Å²) in [6.45, 7) is -1.61. The molecule has 4 nitrogen and oxygen atoms in total. The molecule has 0 aromatic carbocycles. The van der Waals surface area contributed by atoms with Crippen LogP contribution in [-0.4, -0.2) is 14.5 Å². The molecule has 5 rings (SSSR count). The van der Waals surface area contributed by atoms with Crippen molar-refractivity contribution in [3.05, 3.63) is 42.4 Å². The number of nitrogens with zero attached hydrogens (tertiary/aromatic N) is 4. The molecule has 96 valence electrons. The Labute approximate surface area is 123 Å². The van der Waals surface area contributed by atoms with Gasteiger partial charge in [0.15, 0.2) is 15.2 Å². The second-order valence-electron chi connectivity index (χ2n) is 4.89. The van der Waals surface area contributed by atoms with E-state index in [9.17, 15) is 0 Å². The van der Waals surface area contributed by atoms with E-state index in [-0.39, 0.29) is 0 Å². The third-order valence-corrected chi connectivity index (χ3v) is 5.03. The molecule has 20 heavy (non-hydrogen) atoms. The number of aryl methyl sites for hydroxylation is 1. The third-order valence-electron chi connectivity index (χ3n) is 3.82. The largest absolute Gasteiger partial charge is 0.303 e. The van der Waals surface area contributed by atoms with Crippen LogP contribution in [-0.2, 0) is 13.5 Å². The van der Waals surface area contributed by atoms with Crippen LogP contribution in [0.4, 0.5) is 0 Å². The predicted molar refractivity (Wildman–Crippen MR) is 78.6 cm³/mol. The lowest BCUT2D eigenvalue weighted by Crippen LogP contribution is -2.32. The van der Waals surface area contributed by atoms with Crippen molar-refractivity contribution in [1.29, 1.82) is 0 Å². The van der Waals surface area contributed by atoms with Gasteiger partial charge in [-0.15, -0.1) is 0 Å². The molecule has 5 heterocycles. The van der Waals surface area contributed by atoms with Gasteiger partial charge in [-0.2, -0.15) is 0 Å². The SMILES string of the molecule is [2H]C([2H])([2H])n1c2cccnc2c2sc3[n+](c21)Cc1cnccc1-3. The van der Waals surface area contributed by atoms with E-state index >= 15 is 0 Å². The molecule has 4 aromatic heterocycles. The minimum absolute atomic E-state index is 0.644. The average Bonchev–Trinajstić information content (AvgIpc) is 3.13. The molecule has 0 aliphatic carbocycles. The van der Waals surface area contributed by atoms with Crippen molar-refractivity contribution in [2.45, 2.75) is 6.54 Å². The molecule has 0 N–H and O–H groups in total. The lowest BCUT2D eigenvalue weighted by atomic mass is 10.2. The third kappa shape index (κ3) is 1.10. The Hall–Kier alpha value is -2.27. The molecular weight excluding hydrogens is 268 g/mol. The lowest BCUT2D eigenvalue weighted by Gasteiger charge is -1.92. The molecule has 0 spiro atoms. The topological polar surface area (TPSA) is 34.6 Å². The summed E-state index contributed by atoms with van der Waals surface area (Å²) in [6, 6.07) is 5.58. The van der Waals surface area contributed by atoms with Crippen LogP contribution in [0, 0.1) is 0 Å². The number of fused-ring (bicyclic) bond motifs is 7. The molecule has 0 bridgehead atoms. The maximum atomic E-state index is 7.96. The molecule has 0 amide bonds. The zero-order valence-corrected chi connectivity index (χ0v) is 11.2. The monoisotopic (exact) mass is 282 g/mol. The van der Waals surface area contributed by atoms with Gasteiger partial charge in [-0.1, -0.05) is 11.3 Å². The highest BCUT2D eigenvalue weighted by molar-refractivity contribution is 7.22. The van der Waals surface area contributed by atoms with Crippen LogP contribution in [0.25, 0.3) is 32.0 Å². The Kier molecular flexibility index (Phi) is 1.39. The van der Waals surface area contributed by atoms with Gasteiger partial charge >= 0.3 is 5.65 Å². The Balaban J connectivity index is 1.97. The van der Waals surface area contributed by atoms with Crippen LogP contribution in [0.2, 0.25) is 0 Å². The summed E-state index contributed by atoms with van der Waals surface area (Å²) >= 11 is 1.60. The number of hydrogen-bond donors (Lipinski definition) is 0. The first-order valence-electron chi connectivity index (χ1n) is 7.81. The lowest BCUT2D eigenvalue weighted by molar-refractivity contribution is -0.644. The Morgan fingerprint density at radius 3 is 3.35 bits per heavy atom. The van der Waals surface area contributed by atoms with Crippen molar-refractivity contribution < 1.29 is 8.68 Å². The first-order valence-corrected chi connectivity index (χ1v) is 7.13. The molecular formula is C15H11N4S+. The van der Waals surface area contributed by atoms with Gasteiger partial charge < -0.3 is 0 Å². The quantitative estimate of drug-likeness (QED) is 0.409. The number of rotatable bonds is 0. The minimum Gasteiger partial charge on any atom is -0.264 e. The van der Waals surface area contributed by atoms with Crippen LogP contribution >= 0.6 is 11.3 Å². The van der Waals surface area contributed by atoms with E-state index in [1.54, 1.807) is 29.8 Å². The zero-order chi connectivity index (χ0) is 15.8. The molecule has 0 fully saturated rings. The Bertz CT molecular complexity index is 1090. The van der Waals surface area contributed by atoms with Gasteiger partial charge in [-0.05, 0) is 18.2 Å². The first-order chi connectivity index (χ1) is 11.1. The molecule has 1 aliphatic rings. The van der Waals surface area contributed by atoms with E-state index in [2.05, 4.69) is 14.5 Å². The number of pyridine rings is 2. The molecule has 1 aliphatic heterocycles. The summed E-state index contributed by atoms with van der Waals surface area (Å²) in [5.74, 6) is 0. The van der Waals surface area contributed by atoms with Gasteiger partial charge in [0, 0.05) is 29.7 Å². The van der Waals surface area contributed by atoms with Crippen LogP contribution in [0.5, 0.6) is 0 Å². The van der Waals surface area contributed by atoms with E-state index in [1.165, 1.54) is 4.57 Å². The van der Waals surface area contributed by atoms with E-state index in [0.717, 1.165) is 32.0 Å². The van der Waals surface area contributed by atoms with Crippen LogP contribution in [0.1, 0.15) is 9.68 Å². The van der Waals surface area contributed by atoms with Gasteiger partial charge in [0.1, 0.15) is 12.1 Å². The van der Waals surface area contributed by atoms with Crippen molar-refractivity contribution in [2.75, 3.05) is 0 Å². The van der Waals surface area contributed by atoms with Crippen molar-refractivity contribution in [2.24, 2.45) is 6.98 Å². The van der Waals surface area contributed by atoms with E-state index < -0.39 is 6.98 Å². The van der Waals surface area contributed by atoms with Crippen LogP contribution < -0.4 is 4.57 Å². The smallest absolute Gasteiger partial charge is 0.264 e. The second-order valence-corrected chi connectivity index (χ2v) is 5.88. The van der Waals surface area contributed by atoms with Crippen LogP contribution in [0.3, 0.4) is 0 Å². The first kappa shape index (κ1) is 8.11. The number of thiazole rings is 1. The fraction of sp³-hybridized carbons (Fsp3) is 0.133. The van der Waals surface area contributed by atoms with Crippen LogP contribution in [0.15, 0.2) is 36.8 Å². The van der Waals surface area contributed by atoms with E-state index in [1.807, 2.05) is 18.3 Å². The molecule has 4 aromatic rings. The summed E-state index contributed by atoms with van der Waals surface area (Å²) in [5.41, 5.74) is 4.37. The van der Waals surface area contributed by atoms with Gasteiger partial charge in [0.25, 0.3) is 0 Å². The molecule has 0 saturated heterocycles. The summed E-state index contributed by atoms with van der Waals surface area (Å²) < 4.78 is 28.3. The second kappa shape index (κ2) is 3.43. The van der Waals surface area contributed by atoms with Gasteiger partial charge in [0.2, 0.25) is 0 Å². The Morgan fingerprint density at radius 2 is 2.40 bits per heavy atom. The fourth-order valence-electron chi connectivity index (χ4n) is 2.94. The summed E-state index contributed by atoms with van der Waals surface area (Å²) in [7, 11) is 0. The van der Waals surface area contributed by atoms with Crippen molar-refractivity contribution in [3.63, 3.8) is 0 Å². The highest BCUT2D eigenvalue weighted by Crippen LogP contribution is 2.38. The molecule has 0 radical (unpaired) electrons. The van der Waals surface area contributed by atoms with Gasteiger partial charge in [-0.3, -0.25) is 9.97 Å². The van der Waals surface area contributed by atoms with Crippen molar-refractivity contribution >= 4 is 32.7 Å². The number of hydrogen-bond acceptors (Lipinski definition) is 3. The normalized spacial score (nSPS) is 15.9. The molecule has 0 atom stereocenters. The maximum absolute atomic E-state index is 7.96. The molecule has 0 unspecified atom stereocenters. The minimum atomic E-state index is -2.25. The standard InChI is InChI=1S/C15H11N4S/c1-18-11-3-2-5-17-12(11)13-14(18)19-8-9-7-16-6-4-10(9)15(19)20-13/h2-7H,8H2,1H3/q+1/i1D3. The summed E-state index contributed by atoms with van der Waals surface area (Å²) in [6.07, 6.45) is 5.33. The molecule has 5 heteroatoms. The highest BCUT2D eigenvalue weighted by Gasteiger charge is 2.32. The zero-order valence-electron chi connectivity index (χ0n) is 13.4. The van der Waals surface area contributed by atoms with E-state index in [4.69, 9.17) is 4.11 Å². The highest BCUT2D eigenvalue weighted by atomic mass is 32.1. The van der Waals surface area contributed by atoms with Gasteiger partial charge in [0.05, 0.1) is 11.1 Å². The van der Waals surface area contributed by atoms with E-state index in [0.29, 0.717) is 12.1 Å². The fourth-order valence-corrected chi connectivity index (χ4v) is 4.25. The van der Waals surface area contributed by atoms with Gasteiger partial charge in [-0.25, -0.2) is 9.13 Å². The Morgan fingerprint density at radius 1 is 1.40 bits per heavy atom. The summed E-state index contributed by atoms with van der Waals surface area (Å²) in [5, 5.41) is 1.07. The molecule has 0 saturated carbocycles.